The summed E-state index contributed by atoms with van der Waals surface area (Å²) in [6, 6.07) is 49.2. The van der Waals surface area contributed by atoms with E-state index < -0.39 is 23.2 Å². The number of hydrogen-bond donors (Lipinski definition) is 0. The molecule has 6 rings (SSSR count). The van der Waals surface area contributed by atoms with Crippen molar-refractivity contribution in [2.24, 2.45) is 0 Å². The van der Waals surface area contributed by atoms with Gasteiger partial charge < -0.3 is 0 Å². The molecular weight excluding hydrogens is 620 g/mol. The van der Waals surface area contributed by atoms with Gasteiger partial charge >= 0.3 is 283 Å². The van der Waals surface area contributed by atoms with Crippen molar-refractivity contribution in [1.29, 1.82) is 0 Å². The number of allylic oxidation sites excluding steroid dienone is 3. The molecule has 1 heteroatoms. The van der Waals surface area contributed by atoms with E-state index in [4.69, 9.17) is 0 Å². The average Bonchev–Trinajstić information content (AvgIpc) is 3.39. The third-order valence-corrected chi connectivity index (χ3v) is 13.4. The summed E-state index contributed by atoms with van der Waals surface area (Å²) in [5.41, 5.74) is 15.3. The molecule has 1 aliphatic carbocycles. The maximum absolute atomic E-state index is 2.55. The second kappa shape index (κ2) is 14.1. The second-order valence-electron chi connectivity index (χ2n) is 12.7. The molecule has 5 aromatic carbocycles. The molecule has 1 aliphatic rings. The molecule has 5 aromatic rings. The zero-order valence-corrected chi connectivity index (χ0v) is 29.5. The van der Waals surface area contributed by atoms with Crippen molar-refractivity contribution in [3.63, 3.8) is 0 Å². The average molecular weight is 662 g/mol. The summed E-state index contributed by atoms with van der Waals surface area (Å²) in [7, 11) is 0. The van der Waals surface area contributed by atoms with Crippen molar-refractivity contribution in [3.05, 3.63) is 184 Å². The van der Waals surface area contributed by atoms with Crippen LogP contribution in [0.15, 0.2) is 139 Å². The summed E-state index contributed by atoms with van der Waals surface area (Å²) in [5, 5.41) is 0. The number of benzene rings is 5. The Morgan fingerprint density at radius 1 is 0.622 bits per heavy atom. The first-order valence-electron chi connectivity index (χ1n) is 16.2. The molecule has 0 fully saturated rings. The summed E-state index contributed by atoms with van der Waals surface area (Å²) in [5.74, 6) is 0.996. The molecule has 1 unspecified atom stereocenters. The van der Waals surface area contributed by atoms with Crippen LogP contribution in [-0.4, -0.2) is 0 Å². The predicted octanol–water partition coefficient (Wildman–Crippen LogP) is 12.3. The summed E-state index contributed by atoms with van der Waals surface area (Å²) in [4.78, 5) is 0. The van der Waals surface area contributed by atoms with Crippen LogP contribution in [0.2, 0.25) is 0 Å². The molecule has 0 amide bonds. The Labute approximate surface area is 281 Å². The van der Waals surface area contributed by atoms with Crippen molar-refractivity contribution < 1.29 is 23.2 Å². The van der Waals surface area contributed by atoms with Crippen molar-refractivity contribution in [1.82, 2.24) is 0 Å². The normalized spacial score (nSPS) is 15.1. The SMILES string of the molecule is CC1=Cc2c(C(C)C)cc(C(C)C)cc2[CH]1[Zr][C](=C(C(=Cc1ccccc1)c1ccccc1)c1ccccc1)c1ccccc1. The number of fused-ring (bicyclic) bond motifs is 1. The quantitative estimate of drug-likeness (QED) is 0.109. The van der Waals surface area contributed by atoms with Crippen LogP contribution in [-0.2, 0) is 23.2 Å². The first kappa shape index (κ1) is 31.2. The van der Waals surface area contributed by atoms with E-state index >= 15 is 0 Å². The maximum atomic E-state index is 2.55. The van der Waals surface area contributed by atoms with Crippen LogP contribution in [0.1, 0.15) is 94.6 Å². The van der Waals surface area contributed by atoms with Gasteiger partial charge in [-0.05, 0) is 0 Å². The van der Waals surface area contributed by atoms with E-state index in [0.29, 0.717) is 15.5 Å². The van der Waals surface area contributed by atoms with E-state index in [9.17, 15) is 0 Å². The van der Waals surface area contributed by atoms with E-state index in [-0.39, 0.29) is 0 Å². The molecule has 45 heavy (non-hydrogen) atoms. The molecular formula is C44H42Zr. The Bertz CT molecular complexity index is 1840. The van der Waals surface area contributed by atoms with E-state index in [0.717, 1.165) is 0 Å². The van der Waals surface area contributed by atoms with Crippen LogP contribution < -0.4 is 0 Å². The van der Waals surface area contributed by atoms with Crippen LogP contribution in [0.5, 0.6) is 0 Å². The van der Waals surface area contributed by atoms with Gasteiger partial charge in [0.2, 0.25) is 0 Å². The van der Waals surface area contributed by atoms with Gasteiger partial charge in [0.1, 0.15) is 0 Å². The fourth-order valence-electron chi connectivity index (χ4n) is 6.41. The molecule has 0 radical (unpaired) electrons. The van der Waals surface area contributed by atoms with Crippen LogP contribution in [0.3, 0.4) is 0 Å². The van der Waals surface area contributed by atoms with Gasteiger partial charge in [-0.3, -0.25) is 0 Å². The molecule has 0 bridgehead atoms. The van der Waals surface area contributed by atoms with E-state index in [1.54, 1.807) is 8.84 Å². The first-order valence-corrected chi connectivity index (χ1v) is 18.9. The Morgan fingerprint density at radius 3 is 1.71 bits per heavy atom. The van der Waals surface area contributed by atoms with E-state index in [2.05, 4.69) is 180 Å². The monoisotopic (exact) mass is 660 g/mol. The molecule has 0 nitrogen and oxygen atoms in total. The van der Waals surface area contributed by atoms with Crippen molar-refractivity contribution in [3.8, 4) is 0 Å². The molecule has 0 spiro atoms. The summed E-state index contributed by atoms with van der Waals surface area (Å²) >= 11 is -1.30. The van der Waals surface area contributed by atoms with Crippen LogP contribution in [0.25, 0.3) is 26.6 Å². The van der Waals surface area contributed by atoms with Crippen molar-refractivity contribution in [2.45, 2.75) is 50.1 Å². The topological polar surface area (TPSA) is 0 Å². The summed E-state index contributed by atoms with van der Waals surface area (Å²) in [6.07, 6.45) is 4.92. The number of rotatable bonds is 9. The van der Waals surface area contributed by atoms with Crippen LogP contribution in [0, 0.1) is 0 Å². The Kier molecular flexibility index (Phi) is 9.77. The van der Waals surface area contributed by atoms with Gasteiger partial charge in [-0.15, -0.1) is 0 Å². The van der Waals surface area contributed by atoms with Gasteiger partial charge in [-0.1, -0.05) is 0 Å². The minimum absolute atomic E-state index is 0.475. The Balaban J connectivity index is 1.65. The van der Waals surface area contributed by atoms with Crippen LogP contribution in [0.4, 0.5) is 0 Å². The van der Waals surface area contributed by atoms with E-state index in [1.165, 1.54) is 55.7 Å². The van der Waals surface area contributed by atoms with Crippen molar-refractivity contribution in [2.75, 3.05) is 0 Å². The van der Waals surface area contributed by atoms with Crippen molar-refractivity contribution >= 4 is 26.6 Å². The van der Waals surface area contributed by atoms with Gasteiger partial charge in [0.25, 0.3) is 0 Å². The predicted molar refractivity (Wildman–Crippen MR) is 191 cm³/mol. The molecule has 222 valence electrons. The molecule has 1 atom stereocenters. The van der Waals surface area contributed by atoms with Gasteiger partial charge in [0.05, 0.1) is 0 Å². The van der Waals surface area contributed by atoms with E-state index in [1.807, 2.05) is 0 Å². The van der Waals surface area contributed by atoms with Gasteiger partial charge in [-0.25, -0.2) is 0 Å². The fraction of sp³-hybridized carbons (Fsp3) is 0.182. The summed E-state index contributed by atoms with van der Waals surface area (Å²) in [6.45, 7) is 11.7. The minimum atomic E-state index is -1.30. The van der Waals surface area contributed by atoms with Gasteiger partial charge in [0, 0.05) is 0 Å². The summed E-state index contributed by atoms with van der Waals surface area (Å²) < 4.78 is 2.02. The molecule has 0 saturated heterocycles. The zero-order chi connectivity index (χ0) is 31.3. The zero-order valence-electron chi connectivity index (χ0n) is 27.1. The molecule has 0 aliphatic heterocycles. The molecule has 0 aromatic heterocycles. The number of hydrogen-bond acceptors (Lipinski definition) is 0. The Morgan fingerprint density at radius 2 is 1.16 bits per heavy atom. The molecule has 0 saturated carbocycles. The second-order valence-corrected chi connectivity index (χ2v) is 16.1. The molecule has 0 heterocycles. The van der Waals surface area contributed by atoms with Gasteiger partial charge in [0.15, 0.2) is 0 Å². The molecule has 0 N–H and O–H groups in total. The van der Waals surface area contributed by atoms with Crippen LogP contribution >= 0.6 is 0 Å². The fourth-order valence-corrected chi connectivity index (χ4v) is 10.7. The third-order valence-electron chi connectivity index (χ3n) is 8.82. The first-order chi connectivity index (χ1) is 21.9. The Hall–Kier alpha value is -3.80. The standard InChI is InChI=1S/C28H21.C16H21.Zr/c1-5-13-23(14-6-1)21-27(25-17-9-3-10-18-25)28(26-19-11-4-12-20-26)22-24-15-7-2-8-16-24;1-10(2)13-8-14-6-12(5)7-16(14)15(9-13)11(3)4;/h1-21H;6-11H,1-5H3;. The van der Waals surface area contributed by atoms with Gasteiger partial charge in [-0.2, -0.15) is 0 Å². The third kappa shape index (κ3) is 6.90.